The lowest BCUT2D eigenvalue weighted by Gasteiger charge is -2.19. The molecule has 0 aromatic carbocycles. The molecule has 2 heterocycles. The zero-order valence-corrected chi connectivity index (χ0v) is 10.4. The molecule has 2 rings (SSSR count). The SMILES string of the molecule is CN1CCC(N)(c2noc(C(C)(C)C)n2)C1. The number of hydrogen-bond donors (Lipinski definition) is 1. The van der Waals surface area contributed by atoms with Crippen LogP contribution in [0.4, 0.5) is 0 Å². The van der Waals surface area contributed by atoms with Crippen molar-refractivity contribution in [2.24, 2.45) is 5.73 Å². The summed E-state index contributed by atoms with van der Waals surface area (Å²) in [6.07, 6.45) is 0.882. The molecule has 16 heavy (non-hydrogen) atoms. The van der Waals surface area contributed by atoms with Gasteiger partial charge in [0.25, 0.3) is 0 Å². The van der Waals surface area contributed by atoms with Gasteiger partial charge in [-0.05, 0) is 13.5 Å². The van der Waals surface area contributed by atoms with Crippen molar-refractivity contribution < 1.29 is 4.52 Å². The van der Waals surface area contributed by atoms with Crippen LogP contribution in [-0.2, 0) is 11.0 Å². The molecular formula is C11H20N4O. The second-order valence-electron chi connectivity index (χ2n) is 5.82. The van der Waals surface area contributed by atoms with E-state index in [0.29, 0.717) is 11.7 Å². The Morgan fingerprint density at radius 3 is 2.56 bits per heavy atom. The van der Waals surface area contributed by atoms with Crippen molar-refractivity contribution in [3.05, 3.63) is 11.7 Å². The van der Waals surface area contributed by atoms with Crippen LogP contribution in [0, 0.1) is 0 Å². The van der Waals surface area contributed by atoms with E-state index in [9.17, 15) is 0 Å². The third-order valence-electron chi connectivity index (χ3n) is 3.00. The summed E-state index contributed by atoms with van der Waals surface area (Å²) in [6.45, 7) is 7.92. The normalized spacial score (nSPS) is 27.6. The van der Waals surface area contributed by atoms with Crippen molar-refractivity contribution in [3.63, 3.8) is 0 Å². The molecule has 0 saturated carbocycles. The van der Waals surface area contributed by atoms with Gasteiger partial charge in [-0.15, -0.1) is 0 Å². The summed E-state index contributed by atoms with van der Waals surface area (Å²) in [5.74, 6) is 1.30. The Labute approximate surface area is 96.0 Å². The van der Waals surface area contributed by atoms with Gasteiger partial charge >= 0.3 is 0 Å². The zero-order chi connectivity index (χ0) is 12.0. The molecule has 90 valence electrons. The van der Waals surface area contributed by atoms with Gasteiger partial charge < -0.3 is 15.2 Å². The fourth-order valence-corrected chi connectivity index (χ4v) is 1.94. The number of nitrogens with zero attached hydrogens (tertiary/aromatic N) is 3. The lowest BCUT2D eigenvalue weighted by atomic mass is 9.96. The van der Waals surface area contributed by atoms with Crippen molar-refractivity contribution in [1.82, 2.24) is 15.0 Å². The molecule has 1 aliphatic rings. The summed E-state index contributed by atoms with van der Waals surface area (Å²) in [6, 6.07) is 0. The maximum atomic E-state index is 6.30. The Kier molecular flexibility index (Phi) is 2.55. The summed E-state index contributed by atoms with van der Waals surface area (Å²) in [5, 5.41) is 4.03. The average molecular weight is 224 g/mol. The number of hydrogen-bond acceptors (Lipinski definition) is 5. The Morgan fingerprint density at radius 2 is 2.12 bits per heavy atom. The van der Waals surface area contributed by atoms with Crippen molar-refractivity contribution in [1.29, 1.82) is 0 Å². The molecule has 0 spiro atoms. The van der Waals surface area contributed by atoms with Gasteiger partial charge in [0.05, 0.1) is 5.54 Å². The maximum Gasteiger partial charge on any atom is 0.232 e. The topological polar surface area (TPSA) is 68.2 Å². The van der Waals surface area contributed by atoms with E-state index in [1.807, 2.05) is 20.8 Å². The number of aromatic nitrogens is 2. The average Bonchev–Trinajstić information content (AvgIpc) is 2.71. The molecule has 1 aliphatic heterocycles. The second-order valence-corrected chi connectivity index (χ2v) is 5.82. The Bertz CT molecular complexity index is 382. The molecule has 0 radical (unpaired) electrons. The van der Waals surface area contributed by atoms with E-state index < -0.39 is 5.54 Å². The quantitative estimate of drug-likeness (QED) is 0.766. The molecule has 1 aromatic heterocycles. The van der Waals surface area contributed by atoms with E-state index in [0.717, 1.165) is 19.5 Å². The van der Waals surface area contributed by atoms with Crippen LogP contribution >= 0.6 is 0 Å². The fourth-order valence-electron chi connectivity index (χ4n) is 1.94. The van der Waals surface area contributed by atoms with Crippen molar-refractivity contribution >= 4 is 0 Å². The van der Waals surface area contributed by atoms with Crippen LogP contribution in [0.25, 0.3) is 0 Å². The fraction of sp³-hybridized carbons (Fsp3) is 0.818. The molecule has 1 aromatic rings. The standard InChI is InChI=1S/C11H20N4O/c1-10(2,3)9-13-8(14-16-9)11(12)5-6-15(4)7-11/h5-7,12H2,1-4H3. The Hall–Kier alpha value is -0.940. The molecule has 1 unspecified atom stereocenters. The first kappa shape index (κ1) is 11.5. The van der Waals surface area contributed by atoms with E-state index in [4.69, 9.17) is 10.3 Å². The molecule has 0 bridgehead atoms. The molecule has 1 atom stereocenters. The minimum absolute atomic E-state index is 0.119. The van der Waals surface area contributed by atoms with Crippen LogP contribution in [0.15, 0.2) is 4.52 Å². The first-order valence-corrected chi connectivity index (χ1v) is 5.63. The molecular weight excluding hydrogens is 204 g/mol. The number of likely N-dealkylation sites (N-methyl/N-ethyl adjacent to an activating group) is 1. The molecule has 5 heteroatoms. The highest BCUT2D eigenvalue weighted by atomic mass is 16.5. The van der Waals surface area contributed by atoms with Gasteiger partial charge in [-0.2, -0.15) is 4.98 Å². The third-order valence-corrected chi connectivity index (χ3v) is 3.00. The summed E-state index contributed by atoms with van der Waals surface area (Å²) >= 11 is 0. The largest absolute Gasteiger partial charge is 0.339 e. The van der Waals surface area contributed by atoms with Crippen molar-refractivity contribution in [3.8, 4) is 0 Å². The molecule has 2 N–H and O–H groups in total. The lowest BCUT2D eigenvalue weighted by Crippen LogP contribution is -2.40. The smallest absolute Gasteiger partial charge is 0.232 e. The van der Waals surface area contributed by atoms with Crippen LogP contribution in [0.2, 0.25) is 0 Å². The minimum atomic E-state index is -0.443. The number of nitrogens with two attached hydrogens (primary N) is 1. The monoisotopic (exact) mass is 224 g/mol. The molecule has 5 nitrogen and oxygen atoms in total. The zero-order valence-electron chi connectivity index (χ0n) is 10.4. The van der Waals surface area contributed by atoms with Crippen molar-refractivity contribution in [2.75, 3.05) is 20.1 Å². The highest BCUT2D eigenvalue weighted by Gasteiger charge is 2.39. The van der Waals surface area contributed by atoms with Gasteiger partial charge in [0.15, 0.2) is 5.82 Å². The van der Waals surface area contributed by atoms with Crippen LogP contribution in [0.3, 0.4) is 0 Å². The van der Waals surface area contributed by atoms with Crippen LogP contribution in [-0.4, -0.2) is 35.2 Å². The minimum Gasteiger partial charge on any atom is -0.339 e. The first-order valence-electron chi connectivity index (χ1n) is 5.63. The lowest BCUT2D eigenvalue weighted by molar-refractivity contribution is 0.307. The number of likely N-dealkylation sites (tertiary alicyclic amines) is 1. The predicted molar refractivity (Wildman–Crippen MR) is 61.0 cm³/mol. The summed E-state index contributed by atoms with van der Waals surface area (Å²) in [4.78, 5) is 6.63. The summed E-state index contributed by atoms with van der Waals surface area (Å²) in [7, 11) is 2.05. The second kappa shape index (κ2) is 3.53. The highest BCUT2D eigenvalue weighted by molar-refractivity contribution is 5.10. The maximum absolute atomic E-state index is 6.30. The third kappa shape index (κ3) is 1.97. The molecule has 1 saturated heterocycles. The highest BCUT2D eigenvalue weighted by Crippen LogP contribution is 2.28. The van der Waals surface area contributed by atoms with Gasteiger partial charge in [0, 0.05) is 18.5 Å². The van der Waals surface area contributed by atoms with Gasteiger partial charge in [0.1, 0.15) is 0 Å². The van der Waals surface area contributed by atoms with Crippen LogP contribution in [0.1, 0.15) is 38.9 Å². The Balaban J connectivity index is 2.25. The molecule has 0 aliphatic carbocycles. The van der Waals surface area contributed by atoms with Crippen LogP contribution < -0.4 is 5.73 Å². The first-order chi connectivity index (χ1) is 7.31. The van der Waals surface area contributed by atoms with Gasteiger partial charge in [-0.1, -0.05) is 25.9 Å². The predicted octanol–water partition coefficient (Wildman–Crippen LogP) is 0.857. The summed E-state index contributed by atoms with van der Waals surface area (Å²) < 4.78 is 5.28. The van der Waals surface area contributed by atoms with Gasteiger partial charge in [-0.25, -0.2) is 0 Å². The van der Waals surface area contributed by atoms with E-state index >= 15 is 0 Å². The van der Waals surface area contributed by atoms with Gasteiger partial charge in [-0.3, -0.25) is 0 Å². The molecule has 0 amide bonds. The Morgan fingerprint density at radius 1 is 1.44 bits per heavy atom. The van der Waals surface area contributed by atoms with E-state index in [1.54, 1.807) is 0 Å². The summed E-state index contributed by atoms with van der Waals surface area (Å²) in [5.41, 5.74) is 5.74. The molecule has 1 fully saturated rings. The van der Waals surface area contributed by atoms with Crippen LogP contribution in [0.5, 0.6) is 0 Å². The van der Waals surface area contributed by atoms with Crippen molar-refractivity contribution in [2.45, 2.75) is 38.1 Å². The van der Waals surface area contributed by atoms with E-state index in [-0.39, 0.29) is 5.41 Å². The number of rotatable bonds is 1. The van der Waals surface area contributed by atoms with E-state index in [2.05, 4.69) is 22.1 Å². The van der Waals surface area contributed by atoms with Gasteiger partial charge in [0.2, 0.25) is 5.89 Å². The van der Waals surface area contributed by atoms with E-state index in [1.165, 1.54) is 0 Å².